The first kappa shape index (κ1) is 24.4. The van der Waals surface area contributed by atoms with E-state index in [1.807, 2.05) is 29.2 Å². The maximum Gasteiger partial charge on any atom is 0.410 e. The highest BCUT2D eigenvalue weighted by Crippen LogP contribution is 2.45. The Morgan fingerprint density at radius 1 is 0.947 bits per heavy atom. The van der Waals surface area contributed by atoms with Crippen LogP contribution in [0.3, 0.4) is 0 Å². The summed E-state index contributed by atoms with van der Waals surface area (Å²) in [5, 5.41) is 8.99. The third kappa shape index (κ3) is 4.26. The molecule has 2 aliphatic heterocycles. The fourth-order valence-electron chi connectivity index (χ4n) is 6.74. The molecule has 38 heavy (non-hydrogen) atoms. The normalized spacial score (nSPS) is 21.8. The Morgan fingerprint density at radius 2 is 1.58 bits per heavy atom. The molecule has 0 spiro atoms. The average Bonchev–Trinajstić information content (AvgIpc) is 3.25. The van der Waals surface area contributed by atoms with E-state index in [-0.39, 0.29) is 54.4 Å². The van der Waals surface area contributed by atoms with Crippen molar-refractivity contribution in [2.75, 3.05) is 6.61 Å². The van der Waals surface area contributed by atoms with Gasteiger partial charge in [0.25, 0.3) is 0 Å². The average molecular weight is 509 g/mol. The Bertz CT molecular complexity index is 1390. The molecule has 3 aliphatic rings. The van der Waals surface area contributed by atoms with Crippen LogP contribution in [-0.4, -0.2) is 35.5 Å². The molecule has 2 fully saturated rings. The zero-order valence-corrected chi connectivity index (χ0v) is 21.1. The molecule has 2 bridgehead atoms. The lowest BCUT2D eigenvalue weighted by Crippen LogP contribution is -2.56. The molecular weight excluding hydrogens is 479 g/mol. The zero-order valence-electron chi connectivity index (χ0n) is 21.1. The molecule has 192 valence electrons. The van der Waals surface area contributed by atoms with E-state index in [2.05, 4.69) is 30.3 Å². The molecular formula is C32H29FN2O3. The molecule has 0 N–H and O–H groups in total. The lowest BCUT2D eigenvalue weighted by Gasteiger charge is -2.47. The number of Topliss-reactive ketones (excluding diaryl/α,β-unsaturated/α-hetero) is 1. The number of benzene rings is 3. The number of halogens is 1. The number of nitrogens with zero attached hydrogens (tertiary/aromatic N) is 2. The standard InChI is InChI=1S/C32H29FN2O3/c33-30-13-12-20(14-15-34)16-28(30)31(36)21-17-22-6-5-7-23(18-21)35(22)32(37)38-19-29-26-10-3-1-8-24(26)25-9-2-4-11-27(25)29/h1-4,8-13,16,21-23,29H,5-7,14,17-19H2. The molecule has 3 aromatic rings. The Kier molecular flexibility index (Phi) is 6.45. The molecule has 1 aliphatic carbocycles. The largest absolute Gasteiger partial charge is 0.448 e. The van der Waals surface area contributed by atoms with Crippen LogP contribution in [0.2, 0.25) is 0 Å². The van der Waals surface area contributed by atoms with Crippen molar-refractivity contribution in [2.24, 2.45) is 5.92 Å². The van der Waals surface area contributed by atoms with Gasteiger partial charge in [0.05, 0.1) is 18.1 Å². The summed E-state index contributed by atoms with van der Waals surface area (Å²) < 4.78 is 20.6. The second kappa shape index (κ2) is 10.1. The van der Waals surface area contributed by atoms with Crippen LogP contribution >= 0.6 is 0 Å². The summed E-state index contributed by atoms with van der Waals surface area (Å²) in [6.07, 6.45) is 3.42. The summed E-state index contributed by atoms with van der Waals surface area (Å²) in [6, 6.07) is 22.7. The monoisotopic (exact) mass is 508 g/mol. The van der Waals surface area contributed by atoms with E-state index in [1.54, 1.807) is 6.07 Å². The number of carbonyl (C=O) groups excluding carboxylic acids is 2. The van der Waals surface area contributed by atoms with Crippen LogP contribution in [0.5, 0.6) is 0 Å². The first-order valence-electron chi connectivity index (χ1n) is 13.4. The highest BCUT2D eigenvalue weighted by Gasteiger charge is 2.44. The molecule has 2 unspecified atom stereocenters. The minimum Gasteiger partial charge on any atom is -0.448 e. The van der Waals surface area contributed by atoms with Crippen molar-refractivity contribution in [3.8, 4) is 17.2 Å². The van der Waals surface area contributed by atoms with E-state index >= 15 is 0 Å². The van der Waals surface area contributed by atoms with Crippen LogP contribution in [0.25, 0.3) is 11.1 Å². The smallest absolute Gasteiger partial charge is 0.410 e. The van der Waals surface area contributed by atoms with Crippen LogP contribution < -0.4 is 0 Å². The van der Waals surface area contributed by atoms with Gasteiger partial charge in [-0.25, -0.2) is 9.18 Å². The number of rotatable bonds is 5. The summed E-state index contributed by atoms with van der Waals surface area (Å²) in [5.41, 5.74) is 5.40. The lowest BCUT2D eigenvalue weighted by molar-refractivity contribution is 0.00642. The van der Waals surface area contributed by atoms with E-state index < -0.39 is 5.82 Å². The molecule has 0 aromatic heterocycles. The number of hydrogen-bond donors (Lipinski definition) is 0. The van der Waals surface area contributed by atoms with Crippen molar-refractivity contribution >= 4 is 11.9 Å². The predicted octanol–water partition coefficient (Wildman–Crippen LogP) is 6.66. The fourth-order valence-corrected chi connectivity index (χ4v) is 6.74. The minimum absolute atomic E-state index is 0.00558. The van der Waals surface area contributed by atoms with Crippen molar-refractivity contribution < 1.29 is 18.7 Å². The van der Waals surface area contributed by atoms with Crippen molar-refractivity contribution in [2.45, 2.75) is 56.5 Å². The van der Waals surface area contributed by atoms with Gasteiger partial charge in [0, 0.05) is 23.9 Å². The second-order valence-corrected chi connectivity index (χ2v) is 10.6. The molecule has 3 aromatic carbocycles. The van der Waals surface area contributed by atoms with Gasteiger partial charge in [-0.15, -0.1) is 0 Å². The van der Waals surface area contributed by atoms with Crippen LogP contribution in [0.4, 0.5) is 9.18 Å². The van der Waals surface area contributed by atoms with E-state index in [9.17, 15) is 14.0 Å². The summed E-state index contributed by atoms with van der Waals surface area (Å²) >= 11 is 0. The van der Waals surface area contributed by atoms with Gasteiger partial charge >= 0.3 is 6.09 Å². The highest BCUT2D eigenvalue weighted by molar-refractivity contribution is 5.98. The zero-order chi connectivity index (χ0) is 26.2. The second-order valence-electron chi connectivity index (χ2n) is 10.6. The molecule has 2 atom stereocenters. The molecule has 6 heteroatoms. The van der Waals surface area contributed by atoms with Gasteiger partial charge in [0.2, 0.25) is 0 Å². The molecule has 6 rings (SSSR count). The maximum absolute atomic E-state index is 14.6. The lowest BCUT2D eigenvalue weighted by atomic mass is 9.75. The van der Waals surface area contributed by atoms with Crippen molar-refractivity contribution in [1.29, 1.82) is 5.26 Å². The van der Waals surface area contributed by atoms with E-state index in [1.165, 1.54) is 34.4 Å². The van der Waals surface area contributed by atoms with Gasteiger partial charge in [-0.1, -0.05) is 54.6 Å². The van der Waals surface area contributed by atoms with Gasteiger partial charge in [-0.05, 0) is 72.1 Å². The molecule has 0 saturated carbocycles. The maximum atomic E-state index is 14.6. The Balaban J connectivity index is 1.17. The molecule has 2 heterocycles. The van der Waals surface area contributed by atoms with Crippen LogP contribution in [0.15, 0.2) is 66.7 Å². The van der Waals surface area contributed by atoms with Crippen molar-refractivity contribution in [3.63, 3.8) is 0 Å². The van der Waals surface area contributed by atoms with Crippen molar-refractivity contribution in [3.05, 3.63) is 94.8 Å². The van der Waals surface area contributed by atoms with E-state index in [0.29, 0.717) is 18.4 Å². The van der Waals surface area contributed by atoms with Gasteiger partial charge in [-0.3, -0.25) is 4.79 Å². The number of hydrogen-bond acceptors (Lipinski definition) is 4. The number of piperidine rings is 2. The fraction of sp³-hybridized carbons (Fsp3) is 0.344. The van der Waals surface area contributed by atoms with Crippen LogP contribution in [0, 0.1) is 23.1 Å². The van der Waals surface area contributed by atoms with Crippen LogP contribution in [0.1, 0.15) is 65.1 Å². The Labute approximate surface area is 221 Å². The quantitative estimate of drug-likeness (QED) is 0.362. The number of ether oxygens (including phenoxy) is 1. The third-order valence-corrected chi connectivity index (χ3v) is 8.47. The number of carbonyl (C=O) groups is 2. The molecule has 2 saturated heterocycles. The first-order chi connectivity index (χ1) is 18.5. The Hall–Kier alpha value is -3.98. The highest BCUT2D eigenvalue weighted by atomic mass is 19.1. The summed E-state index contributed by atoms with van der Waals surface area (Å²) in [5.74, 6) is -1.14. The SMILES string of the molecule is N#CCc1ccc(F)c(C(=O)C2CC3CCCC(C2)N3C(=O)OCC2c3ccccc3-c3ccccc32)c1. The minimum atomic E-state index is -0.555. The topological polar surface area (TPSA) is 70.4 Å². The summed E-state index contributed by atoms with van der Waals surface area (Å²) in [7, 11) is 0. The molecule has 5 nitrogen and oxygen atoms in total. The van der Waals surface area contributed by atoms with Crippen molar-refractivity contribution in [1.82, 2.24) is 4.90 Å². The van der Waals surface area contributed by atoms with E-state index in [0.717, 1.165) is 19.3 Å². The molecule has 0 radical (unpaired) electrons. The molecule has 1 amide bonds. The number of fused-ring (bicyclic) bond motifs is 5. The first-order valence-corrected chi connectivity index (χ1v) is 13.4. The third-order valence-electron chi connectivity index (χ3n) is 8.47. The number of amides is 1. The van der Waals surface area contributed by atoms with E-state index in [4.69, 9.17) is 10.00 Å². The van der Waals surface area contributed by atoms with Crippen LogP contribution in [-0.2, 0) is 11.2 Å². The van der Waals surface area contributed by atoms with Gasteiger partial charge < -0.3 is 9.64 Å². The predicted molar refractivity (Wildman–Crippen MR) is 141 cm³/mol. The van der Waals surface area contributed by atoms with Gasteiger partial charge in [0.15, 0.2) is 5.78 Å². The number of ketones is 1. The summed E-state index contributed by atoms with van der Waals surface area (Å²) in [6.45, 7) is 0.266. The number of nitriles is 1. The summed E-state index contributed by atoms with van der Waals surface area (Å²) in [4.78, 5) is 28.6. The van der Waals surface area contributed by atoms with Gasteiger partial charge in [-0.2, -0.15) is 5.26 Å². The Morgan fingerprint density at radius 3 is 2.21 bits per heavy atom. The van der Waals surface area contributed by atoms with Gasteiger partial charge in [0.1, 0.15) is 12.4 Å².